The minimum Gasteiger partial charge on any atom is -0.378 e. The number of carbonyl (C=O) groups excluding carboxylic acids is 1. The van der Waals surface area contributed by atoms with Gasteiger partial charge in [0.25, 0.3) is 5.91 Å². The van der Waals surface area contributed by atoms with Gasteiger partial charge in [0.15, 0.2) is 5.69 Å². The molecule has 1 amide bonds. The fourth-order valence-electron chi connectivity index (χ4n) is 2.30. The van der Waals surface area contributed by atoms with Crippen molar-refractivity contribution in [2.45, 2.75) is 13.3 Å². The lowest BCUT2D eigenvalue weighted by atomic mass is 10.1. The molecule has 0 atom stereocenters. The maximum atomic E-state index is 12.3. The van der Waals surface area contributed by atoms with E-state index in [9.17, 15) is 4.79 Å². The molecule has 3 rings (SSSR count). The van der Waals surface area contributed by atoms with Gasteiger partial charge in [-0.2, -0.15) is 0 Å². The van der Waals surface area contributed by atoms with Crippen molar-refractivity contribution in [3.8, 4) is 5.69 Å². The Hall–Kier alpha value is -2.21. The standard InChI is InChI=1S/C15H18N4O2/c1-2-12-3-5-13(6-4-12)19-11-14(16-17-19)15(20)18-7-9-21-10-8-18/h3-6,11H,2,7-10H2,1H3. The molecule has 1 aromatic heterocycles. The Morgan fingerprint density at radius 1 is 1.24 bits per heavy atom. The number of ether oxygens (including phenoxy) is 1. The number of rotatable bonds is 3. The van der Waals surface area contributed by atoms with Crippen molar-refractivity contribution in [3.63, 3.8) is 0 Å². The Bertz CT molecular complexity index is 615. The topological polar surface area (TPSA) is 60.2 Å². The largest absolute Gasteiger partial charge is 0.378 e. The number of morpholine rings is 1. The van der Waals surface area contributed by atoms with Crippen molar-refractivity contribution in [2.75, 3.05) is 26.3 Å². The zero-order valence-electron chi connectivity index (χ0n) is 12.0. The second-order valence-electron chi connectivity index (χ2n) is 4.97. The normalized spacial score (nSPS) is 15.2. The van der Waals surface area contributed by atoms with E-state index in [4.69, 9.17) is 4.74 Å². The number of benzene rings is 1. The van der Waals surface area contributed by atoms with E-state index in [1.807, 2.05) is 12.1 Å². The molecule has 110 valence electrons. The van der Waals surface area contributed by atoms with Crippen LogP contribution in [0.3, 0.4) is 0 Å². The second kappa shape index (κ2) is 6.05. The molecule has 0 saturated carbocycles. The van der Waals surface area contributed by atoms with E-state index in [1.165, 1.54) is 5.56 Å². The van der Waals surface area contributed by atoms with Gasteiger partial charge >= 0.3 is 0 Å². The van der Waals surface area contributed by atoms with Crippen LogP contribution in [-0.2, 0) is 11.2 Å². The highest BCUT2D eigenvalue weighted by Gasteiger charge is 2.21. The Morgan fingerprint density at radius 2 is 1.95 bits per heavy atom. The first-order valence-corrected chi connectivity index (χ1v) is 7.16. The Kier molecular flexibility index (Phi) is 3.96. The highest BCUT2D eigenvalue weighted by atomic mass is 16.5. The van der Waals surface area contributed by atoms with Gasteiger partial charge in [0.05, 0.1) is 25.1 Å². The van der Waals surface area contributed by atoms with Crippen molar-refractivity contribution >= 4 is 5.91 Å². The van der Waals surface area contributed by atoms with Gasteiger partial charge in [0.1, 0.15) is 0 Å². The summed E-state index contributed by atoms with van der Waals surface area (Å²) < 4.78 is 6.88. The highest BCUT2D eigenvalue weighted by molar-refractivity contribution is 5.92. The predicted octanol–water partition coefficient (Wildman–Crippen LogP) is 1.30. The number of aromatic nitrogens is 3. The van der Waals surface area contributed by atoms with E-state index in [1.54, 1.807) is 15.8 Å². The van der Waals surface area contributed by atoms with Crippen LogP contribution in [0.25, 0.3) is 5.69 Å². The lowest BCUT2D eigenvalue weighted by Gasteiger charge is -2.25. The molecular formula is C15H18N4O2. The van der Waals surface area contributed by atoms with Gasteiger partial charge in [-0.05, 0) is 24.1 Å². The molecular weight excluding hydrogens is 268 g/mol. The molecule has 1 saturated heterocycles. The number of hydrogen-bond donors (Lipinski definition) is 0. The molecule has 2 heterocycles. The molecule has 1 aliphatic heterocycles. The predicted molar refractivity (Wildman–Crippen MR) is 77.5 cm³/mol. The molecule has 1 fully saturated rings. The highest BCUT2D eigenvalue weighted by Crippen LogP contribution is 2.11. The molecule has 0 radical (unpaired) electrons. The van der Waals surface area contributed by atoms with Crippen LogP contribution in [0.1, 0.15) is 23.0 Å². The number of carbonyl (C=O) groups is 1. The van der Waals surface area contributed by atoms with Gasteiger partial charge < -0.3 is 9.64 Å². The van der Waals surface area contributed by atoms with Crippen LogP contribution in [0.4, 0.5) is 0 Å². The van der Waals surface area contributed by atoms with Crippen molar-refractivity contribution in [1.82, 2.24) is 19.9 Å². The van der Waals surface area contributed by atoms with Crippen LogP contribution in [0.2, 0.25) is 0 Å². The fourth-order valence-corrected chi connectivity index (χ4v) is 2.30. The van der Waals surface area contributed by atoms with Gasteiger partial charge in [-0.25, -0.2) is 4.68 Å². The van der Waals surface area contributed by atoms with Crippen LogP contribution in [-0.4, -0.2) is 52.1 Å². The summed E-state index contributed by atoms with van der Waals surface area (Å²) >= 11 is 0. The van der Waals surface area contributed by atoms with Crippen molar-refractivity contribution in [1.29, 1.82) is 0 Å². The lowest BCUT2D eigenvalue weighted by molar-refractivity contribution is 0.0299. The monoisotopic (exact) mass is 286 g/mol. The fraction of sp³-hybridized carbons (Fsp3) is 0.400. The first kappa shape index (κ1) is 13.8. The summed E-state index contributed by atoms with van der Waals surface area (Å²) in [6.45, 7) is 4.49. The van der Waals surface area contributed by atoms with Gasteiger partial charge in [0.2, 0.25) is 0 Å². The minimum absolute atomic E-state index is 0.0882. The van der Waals surface area contributed by atoms with Crippen LogP contribution < -0.4 is 0 Å². The lowest BCUT2D eigenvalue weighted by Crippen LogP contribution is -2.40. The second-order valence-corrected chi connectivity index (χ2v) is 4.97. The molecule has 0 N–H and O–H groups in total. The maximum absolute atomic E-state index is 12.3. The third-order valence-corrected chi connectivity index (χ3v) is 3.62. The molecule has 0 spiro atoms. The molecule has 1 aromatic carbocycles. The molecule has 0 aliphatic carbocycles. The maximum Gasteiger partial charge on any atom is 0.276 e. The van der Waals surface area contributed by atoms with Crippen molar-refractivity contribution in [2.24, 2.45) is 0 Å². The van der Waals surface area contributed by atoms with E-state index in [0.717, 1.165) is 12.1 Å². The third kappa shape index (κ3) is 2.95. The summed E-state index contributed by atoms with van der Waals surface area (Å²) in [5.74, 6) is -0.0882. The van der Waals surface area contributed by atoms with E-state index >= 15 is 0 Å². The van der Waals surface area contributed by atoms with Gasteiger partial charge in [-0.15, -0.1) is 5.10 Å². The average molecular weight is 286 g/mol. The third-order valence-electron chi connectivity index (χ3n) is 3.62. The summed E-state index contributed by atoms with van der Waals surface area (Å²) in [5.41, 5.74) is 2.54. The molecule has 1 aliphatic rings. The van der Waals surface area contributed by atoms with Crippen LogP contribution in [0.5, 0.6) is 0 Å². The minimum atomic E-state index is -0.0882. The summed E-state index contributed by atoms with van der Waals surface area (Å²) in [7, 11) is 0. The average Bonchev–Trinajstić information content (AvgIpc) is 3.05. The number of nitrogens with zero attached hydrogens (tertiary/aromatic N) is 4. The molecule has 0 unspecified atom stereocenters. The summed E-state index contributed by atoms with van der Waals surface area (Å²) in [5, 5.41) is 8.04. The number of aryl methyl sites for hydroxylation is 1. The Morgan fingerprint density at radius 3 is 2.62 bits per heavy atom. The SMILES string of the molecule is CCc1ccc(-n2cc(C(=O)N3CCOCC3)nn2)cc1. The number of hydrogen-bond acceptors (Lipinski definition) is 4. The van der Waals surface area contributed by atoms with Crippen LogP contribution in [0, 0.1) is 0 Å². The summed E-state index contributed by atoms with van der Waals surface area (Å²) in [6, 6.07) is 8.08. The van der Waals surface area contributed by atoms with Gasteiger partial charge in [0, 0.05) is 13.1 Å². The van der Waals surface area contributed by atoms with E-state index in [2.05, 4.69) is 29.4 Å². The van der Waals surface area contributed by atoms with Crippen molar-refractivity contribution < 1.29 is 9.53 Å². The van der Waals surface area contributed by atoms with Crippen LogP contribution >= 0.6 is 0 Å². The van der Waals surface area contributed by atoms with E-state index < -0.39 is 0 Å². The molecule has 2 aromatic rings. The zero-order valence-corrected chi connectivity index (χ0v) is 12.0. The first-order chi connectivity index (χ1) is 10.3. The van der Waals surface area contributed by atoms with Gasteiger partial charge in [-0.1, -0.05) is 24.3 Å². The molecule has 6 nitrogen and oxygen atoms in total. The van der Waals surface area contributed by atoms with Gasteiger partial charge in [-0.3, -0.25) is 4.79 Å². The zero-order chi connectivity index (χ0) is 14.7. The van der Waals surface area contributed by atoms with Crippen molar-refractivity contribution in [3.05, 3.63) is 41.7 Å². The van der Waals surface area contributed by atoms with E-state index in [0.29, 0.717) is 32.0 Å². The molecule has 6 heteroatoms. The quantitative estimate of drug-likeness (QED) is 0.853. The molecule has 21 heavy (non-hydrogen) atoms. The number of amides is 1. The molecule has 0 bridgehead atoms. The van der Waals surface area contributed by atoms with E-state index in [-0.39, 0.29) is 5.91 Å². The first-order valence-electron chi connectivity index (χ1n) is 7.16. The Balaban J connectivity index is 1.77. The smallest absolute Gasteiger partial charge is 0.276 e. The summed E-state index contributed by atoms with van der Waals surface area (Å²) in [4.78, 5) is 14.0. The van der Waals surface area contributed by atoms with Crippen LogP contribution in [0.15, 0.2) is 30.5 Å². The summed E-state index contributed by atoms with van der Waals surface area (Å²) in [6.07, 6.45) is 2.68. The Labute approximate surface area is 123 Å².